The molecule has 0 aliphatic rings. The van der Waals surface area contributed by atoms with Crippen LogP contribution in [0.3, 0.4) is 0 Å². The number of hydrogen-bond donors (Lipinski definition) is 1. The number of methoxy groups -OCH3 is 1. The molecule has 1 amide bonds. The van der Waals surface area contributed by atoms with Gasteiger partial charge in [-0.15, -0.1) is 0 Å². The van der Waals surface area contributed by atoms with Crippen molar-refractivity contribution in [3.63, 3.8) is 0 Å². The molecule has 0 aliphatic carbocycles. The lowest BCUT2D eigenvalue weighted by Crippen LogP contribution is -2.42. The third-order valence-electron chi connectivity index (χ3n) is 2.87. The van der Waals surface area contributed by atoms with Crippen LogP contribution >= 0.6 is 15.9 Å². The van der Waals surface area contributed by atoms with Crippen LogP contribution in [0.15, 0.2) is 27.6 Å². The van der Waals surface area contributed by atoms with Crippen molar-refractivity contribution in [1.82, 2.24) is 9.62 Å². The molecule has 0 aliphatic heterocycles. The topological polar surface area (TPSA) is 75.7 Å². The molecule has 0 atom stereocenters. The zero-order valence-corrected chi connectivity index (χ0v) is 15.5. The molecule has 1 N–H and O–H groups in total. The molecule has 0 fully saturated rings. The largest absolute Gasteiger partial charge is 0.495 e. The quantitative estimate of drug-likeness (QED) is 0.769. The number of halogens is 1. The molecule has 1 rings (SSSR count). The predicted molar refractivity (Wildman–Crippen MR) is 88.4 cm³/mol. The Kier molecular flexibility index (Phi) is 6.83. The number of carbonyl (C=O) groups excluding carboxylic acids is 1. The summed E-state index contributed by atoms with van der Waals surface area (Å²) in [4.78, 5) is 11.9. The minimum atomic E-state index is -3.83. The molecule has 0 unspecified atom stereocenters. The number of ether oxygens (including phenoxy) is 1. The highest BCUT2D eigenvalue weighted by Crippen LogP contribution is 2.29. The van der Waals surface area contributed by atoms with E-state index in [9.17, 15) is 13.2 Å². The van der Waals surface area contributed by atoms with E-state index >= 15 is 0 Å². The minimum Gasteiger partial charge on any atom is -0.495 e. The number of likely N-dealkylation sites (N-methyl/N-ethyl adjacent to an activating group) is 1. The second-order valence-corrected chi connectivity index (χ2v) is 7.77. The molecule has 0 heterocycles. The standard InChI is InChI=1S/C14H21BrN2O4S/c1-5-17(9-14(18)16-10(2)3)22(19,20)13-8-11(15)6-7-12(13)21-4/h6-8,10H,5,9H2,1-4H3,(H,16,18). The van der Waals surface area contributed by atoms with E-state index in [2.05, 4.69) is 21.2 Å². The molecule has 6 nitrogen and oxygen atoms in total. The van der Waals surface area contributed by atoms with Gasteiger partial charge in [0.15, 0.2) is 0 Å². The van der Waals surface area contributed by atoms with Crippen molar-refractivity contribution in [2.24, 2.45) is 0 Å². The van der Waals surface area contributed by atoms with Crippen LogP contribution in [-0.4, -0.2) is 44.9 Å². The first-order valence-electron chi connectivity index (χ1n) is 6.85. The maximum atomic E-state index is 12.8. The number of hydrogen-bond acceptors (Lipinski definition) is 4. The van der Waals surface area contributed by atoms with Crippen molar-refractivity contribution in [1.29, 1.82) is 0 Å². The molecule has 0 saturated carbocycles. The maximum Gasteiger partial charge on any atom is 0.247 e. The third-order valence-corrected chi connectivity index (χ3v) is 5.30. The van der Waals surface area contributed by atoms with Gasteiger partial charge in [0.25, 0.3) is 0 Å². The molecule has 0 radical (unpaired) electrons. The smallest absolute Gasteiger partial charge is 0.247 e. The molecule has 124 valence electrons. The fourth-order valence-electron chi connectivity index (χ4n) is 1.89. The second kappa shape index (κ2) is 7.94. The van der Waals surface area contributed by atoms with Crippen LogP contribution in [0.4, 0.5) is 0 Å². The Hall–Kier alpha value is -1.12. The average molecular weight is 393 g/mol. The summed E-state index contributed by atoms with van der Waals surface area (Å²) < 4.78 is 32.4. The Morgan fingerprint density at radius 1 is 1.41 bits per heavy atom. The molecule has 0 spiro atoms. The van der Waals surface area contributed by atoms with Gasteiger partial charge in [-0.05, 0) is 32.0 Å². The number of sulfonamides is 1. The van der Waals surface area contributed by atoms with Crippen molar-refractivity contribution in [2.45, 2.75) is 31.7 Å². The first-order chi connectivity index (χ1) is 10.2. The number of amides is 1. The van der Waals surface area contributed by atoms with Crippen molar-refractivity contribution < 1.29 is 17.9 Å². The van der Waals surface area contributed by atoms with Crippen LogP contribution in [0, 0.1) is 0 Å². The maximum absolute atomic E-state index is 12.8. The lowest BCUT2D eigenvalue weighted by atomic mass is 10.3. The van der Waals surface area contributed by atoms with E-state index in [4.69, 9.17) is 4.74 Å². The van der Waals surface area contributed by atoms with E-state index in [0.717, 1.165) is 4.31 Å². The highest BCUT2D eigenvalue weighted by atomic mass is 79.9. The van der Waals surface area contributed by atoms with Gasteiger partial charge in [0, 0.05) is 17.1 Å². The van der Waals surface area contributed by atoms with Gasteiger partial charge in [-0.2, -0.15) is 4.31 Å². The Morgan fingerprint density at radius 3 is 2.55 bits per heavy atom. The van der Waals surface area contributed by atoms with Gasteiger partial charge < -0.3 is 10.1 Å². The van der Waals surface area contributed by atoms with Crippen LogP contribution in [0.1, 0.15) is 20.8 Å². The van der Waals surface area contributed by atoms with E-state index in [-0.39, 0.29) is 35.7 Å². The van der Waals surface area contributed by atoms with Crippen LogP contribution in [0.2, 0.25) is 0 Å². The minimum absolute atomic E-state index is 0.0311. The molecule has 1 aromatic carbocycles. The first-order valence-corrected chi connectivity index (χ1v) is 9.08. The molecule has 22 heavy (non-hydrogen) atoms. The Balaban J connectivity index is 3.14. The summed E-state index contributed by atoms with van der Waals surface area (Å²) in [5, 5.41) is 2.69. The van der Waals surface area contributed by atoms with Gasteiger partial charge in [-0.1, -0.05) is 22.9 Å². The average Bonchev–Trinajstić information content (AvgIpc) is 2.43. The van der Waals surface area contributed by atoms with Crippen LogP contribution in [-0.2, 0) is 14.8 Å². The summed E-state index contributed by atoms with van der Waals surface area (Å²) in [5.41, 5.74) is 0. The van der Waals surface area contributed by atoms with E-state index < -0.39 is 10.0 Å². The number of carbonyl (C=O) groups is 1. The Labute approximate surface area is 140 Å². The third kappa shape index (κ3) is 4.69. The monoisotopic (exact) mass is 392 g/mol. The summed E-state index contributed by atoms with van der Waals surface area (Å²) in [5.74, 6) is -0.0969. The summed E-state index contributed by atoms with van der Waals surface area (Å²) in [6, 6.07) is 4.68. The fraction of sp³-hybridized carbons (Fsp3) is 0.500. The van der Waals surface area contributed by atoms with Gasteiger partial charge in [0.1, 0.15) is 10.6 Å². The van der Waals surface area contributed by atoms with E-state index in [1.54, 1.807) is 19.1 Å². The number of benzene rings is 1. The number of rotatable bonds is 7. The van der Waals surface area contributed by atoms with E-state index in [1.807, 2.05) is 13.8 Å². The molecule has 0 bridgehead atoms. The van der Waals surface area contributed by atoms with Crippen molar-refractivity contribution in [3.8, 4) is 5.75 Å². The van der Waals surface area contributed by atoms with Crippen LogP contribution < -0.4 is 10.1 Å². The van der Waals surface area contributed by atoms with Gasteiger partial charge in [-0.25, -0.2) is 8.42 Å². The predicted octanol–water partition coefficient (Wildman–Crippen LogP) is 1.99. The van der Waals surface area contributed by atoms with Crippen molar-refractivity contribution in [3.05, 3.63) is 22.7 Å². The molecular weight excluding hydrogens is 372 g/mol. The molecule has 0 aromatic heterocycles. The number of nitrogens with zero attached hydrogens (tertiary/aromatic N) is 1. The van der Waals surface area contributed by atoms with Crippen LogP contribution in [0.25, 0.3) is 0 Å². The van der Waals surface area contributed by atoms with Gasteiger partial charge in [0.05, 0.1) is 13.7 Å². The molecule has 1 aromatic rings. The first kappa shape index (κ1) is 18.9. The normalized spacial score (nSPS) is 11.8. The highest BCUT2D eigenvalue weighted by molar-refractivity contribution is 9.10. The fourth-order valence-corrected chi connectivity index (χ4v) is 3.99. The SMILES string of the molecule is CCN(CC(=O)NC(C)C)S(=O)(=O)c1cc(Br)ccc1OC. The molecular formula is C14H21BrN2O4S. The van der Waals surface area contributed by atoms with Crippen molar-refractivity contribution >= 4 is 31.9 Å². The summed E-state index contributed by atoms with van der Waals surface area (Å²) in [7, 11) is -2.42. The Bertz CT molecular complexity index is 632. The van der Waals surface area contributed by atoms with Gasteiger partial charge in [0.2, 0.25) is 15.9 Å². The summed E-state index contributed by atoms with van der Waals surface area (Å²) >= 11 is 3.25. The zero-order valence-electron chi connectivity index (χ0n) is 13.1. The van der Waals surface area contributed by atoms with Gasteiger partial charge >= 0.3 is 0 Å². The molecule has 0 saturated heterocycles. The summed E-state index contributed by atoms with van der Waals surface area (Å²) in [6.07, 6.45) is 0. The van der Waals surface area contributed by atoms with E-state index in [0.29, 0.717) is 4.47 Å². The van der Waals surface area contributed by atoms with E-state index in [1.165, 1.54) is 13.2 Å². The number of nitrogens with one attached hydrogen (secondary N) is 1. The summed E-state index contributed by atoms with van der Waals surface area (Å²) in [6.45, 7) is 5.28. The zero-order chi connectivity index (χ0) is 16.9. The van der Waals surface area contributed by atoms with Crippen LogP contribution in [0.5, 0.6) is 5.75 Å². The lowest BCUT2D eigenvalue weighted by molar-refractivity contribution is -0.121. The molecule has 8 heteroatoms. The van der Waals surface area contributed by atoms with Gasteiger partial charge in [-0.3, -0.25) is 4.79 Å². The lowest BCUT2D eigenvalue weighted by Gasteiger charge is -2.22. The van der Waals surface area contributed by atoms with Crippen molar-refractivity contribution in [2.75, 3.05) is 20.2 Å². The Morgan fingerprint density at radius 2 is 2.05 bits per heavy atom. The second-order valence-electron chi connectivity index (χ2n) is 4.95. The highest BCUT2D eigenvalue weighted by Gasteiger charge is 2.28.